The summed E-state index contributed by atoms with van der Waals surface area (Å²) in [7, 11) is 1.52. The standard InChI is InChI=1S/C14H15N3O5/c1-20-10-4-8(5-11-12(10)22-7-21-11)6-15-17-14(19)13(18)16-9-2-3-9/h4-6,9H,2-3,7H2,1H3,(H,16,18)(H,17,19)/b15-6-. The molecule has 2 aliphatic rings. The third-order valence-electron chi connectivity index (χ3n) is 3.18. The second-order valence-corrected chi connectivity index (χ2v) is 4.90. The normalized spacial score (nSPS) is 15.7. The van der Waals surface area contributed by atoms with Crippen molar-refractivity contribution in [1.82, 2.24) is 10.7 Å². The molecule has 1 aliphatic carbocycles. The van der Waals surface area contributed by atoms with E-state index in [0.29, 0.717) is 22.8 Å². The maximum Gasteiger partial charge on any atom is 0.329 e. The van der Waals surface area contributed by atoms with Gasteiger partial charge in [-0.3, -0.25) is 9.59 Å². The number of carbonyl (C=O) groups is 2. The Kier molecular flexibility index (Phi) is 3.82. The van der Waals surface area contributed by atoms with E-state index in [1.165, 1.54) is 13.3 Å². The zero-order valence-corrected chi connectivity index (χ0v) is 11.9. The summed E-state index contributed by atoms with van der Waals surface area (Å²) < 4.78 is 15.8. The lowest BCUT2D eigenvalue weighted by Gasteiger charge is -2.05. The summed E-state index contributed by atoms with van der Waals surface area (Å²) in [5, 5.41) is 6.33. The number of amides is 2. The Morgan fingerprint density at radius 3 is 2.86 bits per heavy atom. The van der Waals surface area contributed by atoms with E-state index in [1.807, 2.05) is 0 Å². The van der Waals surface area contributed by atoms with Crippen molar-refractivity contribution in [3.8, 4) is 17.2 Å². The molecule has 0 aromatic heterocycles. The number of carbonyl (C=O) groups excluding carboxylic acids is 2. The summed E-state index contributed by atoms with van der Waals surface area (Å²) in [6.45, 7) is 0.129. The number of methoxy groups -OCH3 is 1. The van der Waals surface area contributed by atoms with Gasteiger partial charge >= 0.3 is 11.8 Å². The van der Waals surface area contributed by atoms with Crippen molar-refractivity contribution in [3.05, 3.63) is 17.7 Å². The molecule has 1 fully saturated rings. The van der Waals surface area contributed by atoms with E-state index < -0.39 is 11.8 Å². The summed E-state index contributed by atoms with van der Waals surface area (Å²) in [6.07, 6.45) is 3.23. The van der Waals surface area contributed by atoms with Gasteiger partial charge in [0.25, 0.3) is 0 Å². The summed E-state index contributed by atoms with van der Waals surface area (Å²) in [6, 6.07) is 3.51. The van der Waals surface area contributed by atoms with Gasteiger partial charge in [0.05, 0.1) is 13.3 Å². The quantitative estimate of drug-likeness (QED) is 0.469. The Morgan fingerprint density at radius 2 is 2.14 bits per heavy atom. The topological polar surface area (TPSA) is 98.2 Å². The number of hydrazone groups is 1. The highest BCUT2D eigenvalue weighted by molar-refractivity contribution is 6.35. The largest absolute Gasteiger partial charge is 0.493 e. The maximum atomic E-state index is 11.5. The van der Waals surface area contributed by atoms with Crippen LogP contribution in [0.5, 0.6) is 17.2 Å². The minimum absolute atomic E-state index is 0.125. The fraction of sp³-hybridized carbons (Fsp3) is 0.357. The molecule has 1 aliphatic heterocycles. The predicted molar refractivity (Wildman–Crippen MR) is 76.0 cm³/mol. The van der Waals surface area contributed by atoms with Crippen LogP contribution in [0, 0.1) is 0 Å². The van der Waals surface area contributed by atoms with Gasteiger partial charge in [-0.25, -0.2) is 5.43 Å². The van der Waals surface area contributed by atoms with E-state index in [1.54, 1.807) is 12.1 Å². The van der Waals surface area contributed by atoms with E-state index >= 15 is 0 Å². The van der Waals surface area contributed by atoms with E-state index in [0.717, 1.165) is 12.8 Å². The van der Waals surface area contributed by atoms with Crippen molar-refractivity contribution < 1.29 is 23.8 Å². The molecule has 0 radical (unpaired) electrons. The van der Waals surface area contributed by atoms with Crippen molar-refractivity contribution in [3.63, 3.8) is 0 Å². The van der Waals surface area contributed by atoms with Gasteiger partial charge in [0.1, 0.15) is 0 Å². The van der Waals surface area contributed by atoms with Crippen molar-refractivity contribution in [1.29, 1.82) is 0 Å². The highest BCUT2D eigenvalue weighted by Gasteiger charge is 2.26. The predicted octanol–water partition coefficient (Wildman–Crippen LogP) is 0.153. The summed E-state index contributed by atoms with van der Waals surface area (Å²) in [4.78, 5) is 22.9. The first-order valence-corrected chi connectivity index (χ1v) is 6.79. The Bertz CT molecular complexity index is 640. The molecule has 8 heteroatoms. The number of rotatable bonds is 4. The molecule has 0 spiro atoms. The number of hydrogen-bond acceptors (Lipinski definition) is 6. The first-order chi connectivity index (χ1) is 10.7. The molecule has 1 heterocycles. The zero-order chi connectivity index (χ0) is 15.5. The maximum absolute atomic E-state index is 11.5. The molecule has 116 valence electrons. The smallest absolute Gasteiger partial charge is 0.329 e. The first-order valence-electron chi connectivity index (χ1n) is 6.79. The van der Waals surface area contributed by atoms with Crippen molar-refractivity contribution in [2.24, 2.45) is 5.10 Å². The molecule has 2 amide bonds. The fourth-order valence-corrected chi connectivity index (χ4v) is 1.92. The van der Waals surface area contributed by atoms with Gasteiger partial charge in [-0.05, 0) is 25.0 Å². The van der Waals surface area contributed by atoms with Gasteiger partial charge in [0, 0.05) is 11.6 Å². The minimum atomic E-state index is -0.796. The van der Waals surface area contributed by atoms with E-state index in [4.69, 9.17) is 14.2 Å². The van der Waals surface area contributed by atoms with E-state index in [9.17, 15) is 9.59 Å². The Balaban J connectivity index is 1.62. The summed E-state index contributed by atoms with van der Waals surface area (Å²) in [5.41, 5.74) is 2.82. The lowest BCUT2D eigenvalue weighted by atomic mass is 10.2. The number of fused-ring (bicyclic) bond motifs is 1. The number of ether oxygens (including phenoxy) is 3. The monoisotopic (exact) mass is 305 g/mol. The van der Waals surface area contributed by atoms with Gasteiger partial charge in [0.15, 0.2) is 11.5 Å². The molecular weight excluding hydrogens is 290 g/mol. The van der Waals surface area contributed by atoms with E-state index in [2.05, 4.69) is 15.8 Å². The third kappa shape index (κ3) is 3.11. The van der Waals surface area contributed by atoms with Crippen molar-refractivity contribution in [2.75, 3.05) is 13.9 Å². The highest BCUT2D eigenvalue weighted by atomic mass is 16.7. The third-order valence-corrected chi connectivity index (χ3v) is 3.18. The average molecular weight is 305 g/mol. The summed E-state index contributed by atoms with van der Waals surface area (Å²) >= 11 is 0. The SMILES string of the molecule is COc1cc(/C=N\NC(=O)C(=O)NC2CC2)cc2c1OCO2. The van der Waals surface area contributed by atoms with Gasteiger partial charge in [-0.15, -0.1) is 0 Å². The second kappa shape index (κ2) is 5.92. The summed E-state index contributed by atoms with van der Waals surface area (Å²) in [5.74, 6) is 0.110. The van der Waals surface area contributed by atoms with Crippen LogP contribution in [0.25, 0.3) is 0 Å². The molecule has 3 rings (SSSR count). The Labute approximate surface area is 126 Å². The molecule has 1 aromatic carbocycles. The van der Waals surface area contributed by atoms with Crippen LogP contribution in [-0.2, 0) is 9.59 Å². The molecule has 1 aromatic rings. The molecule has 0 unspecified atom stereocenters. The number of benzene rings is 1. The second-order valence-electron chi connectivity index (χ2n) is 4.90. The van der Waals surface area contributed by atoms with Gasteiger partial charge in [-0.1, -0.05) is 0 Å². The Hall–Kier alpha value is -2.77. The molecule has 22 heavy (non-hydrogen) atoms. The molecular formula is C14H15N3O5. The molecule has 0 saturated heterocycles. The molecule has 0 atom stereocenters. The highest BCUT2D eigenvalue weighted by Crippen LogP contribution is 2.41. The van der Waals surface area contributed by atoms with Crippen LogP contribution in [0.2, 0.25) is 0 Å². The Morgan fingerprint density at radius 1 is 1.32 bits per heavy atom. The number of nitrogens with one attached hydrogen (secondary N) is 2. The van der Waals surface area contributed by atoms with Crippen LogP contribution >= 0.6 is 0 Å². The van der Waals surface area contributed by atoms with Crippen LogP contribution < -0.4 is 25.0 Å². The minimum Gasteiger partial charge on any atom is -0.493 e. The molecule has 1 saturated carbocycles. The molecule has 0 bridgehead atoms. The fourth-order valence-electron chi connectivity index (χ4n) is 1.92. The van der Waals surface area contributed by atoms with Crippen LogP contribution in [0.3, 0.4) is 0 Å². The number of hydrogen-bond donors (Lipinski definition) is 2. The van der Waals surface area contributed by atoms with Crippen LogP contribution in [0.4, 0.5) is 0 Å². The van der Waals surface area contributed by atoms with Crippen molar-refractivity contribution >= 4 is 18.0 Å². The molecule has 8 nitrogen and oxygen atoms in total. The van der Waals surface area contributed by atoms with Gasteiger partial charge < -0.3 is 19.5 Å². The van der Waals surface area contributed by atoms with Gasteiger partial charge in [0.2, 0.25) is 12.5 Å². The first kappa shape index (κ1) is 14.2. The number of nitrogens with zero attached hydrogens (tertiary/aromatic N) is 1. The zero-order valence-electron chi connectivity index (χ0n) is 11.9. The van der Waals surface area contributed by atoms with Gasteiger partial charge in [-0.2, -0.15) is 5.10 Å². The van der Waals surface area contributed by atoms with Crippen LogP contribution in [-0.4, -0.2) is 38.0 Å². The lowest BCUT2D eigenvalue weighted by Crippen LogP contribution is -2.38. The average Bonchev–Trinajstić information content (AvgIpc) is 3.20. The van der Waals surface area contributed by atoms with Crippen LogP contribution in [0.15, 0.2) is 17.2 Å². The van der Waals surface area contributed by atoms with Crippen molar-refractivity contribution in [2.45, 2.75) is 18.9 Å². The van der Waals surface area contributed by atoms with E-state index in [-0.39, 0.29) is 12.8 Å². The van der Waals surface area contributed by atoms with Crippen LogP contribution in [0.1, 0.15) is 18.4 Å². The lowest BCUT2D eigenvalue weighted by molar-refractivity contribution is -0.139. The molecule has 2 N–H and O–H groups in total.